The molecule has 1 saturated heterocycles. The van der Waals surface area contributed by atoms with Crippen LogP contribution in [0.1, 0.15) is 12.8 Å². The van der Waals surface area contributed by atoms with E-state index in [1.165, 1.54) is 12.1 Å². The van der Waals surface area contributed by atoms with E-state index in [0.29, 0.717) is 18.8 Å². The summed E-state index contributed by atoms with van der Waals surface area (Å²) in [7, 11) is -4.15. The summed E-state index contributed by atoms with van der Waals surface area (Å²) >= 11 is 0. The van der Waals surface area contributed by atoms with Crippen molar-refractivity contribution in [3.8, 4) is 0 Å². The Morgan fingerprint density at radius 3 is 2.50 bits per heavy atom. The zero-order valence-corrected chi connectivity index (χ0v) is 12.3. The molecule has 1 aromatic carbocycles. The van der Waals surface area contributed by atoms with Crippen molar-refractivity contribution in [3.05, 3.63) is 28.3 Å². The summed E-state index contributed by atoms with van der Waals surface area (Å²) in [4.78, 5) is 22.3. The third-order valence-electron chi connectivity index (χ3n) is 3.31. The number of carboxylic acid groups (broad SMARTS) is 1. The number of sulfonamides is 1. The number of benzene rings is 1. The smallest absolute Gasteiger partial charge is 0.293 e. The molecule has 0 radical (unpaired) electrons. The molecule has 1 aliphatic heterocycles. The van der Waals surface area contributed by atoms with E-state index in [9.17, 15) is 28.4 Å². The van der Waals surface area contributed by atoms with Crippen LogP contribution in [0.5, 0.6) is 0 Å². The van der Waals surface area contributed by atoms with Crippen molar-refractivity contribution in [2.45, 2.75) is 17.7 Å². The molecule has 0 aromatic heterocycles. The summed E-state index contributed by atoms with van der Waals surface area (Å²) in [5, 5.41) is 21.5. The molecule has 2 rings (SSSR count). The fourth-order valence-electron chi connectivity index (χ4n) is 2.28. The van der Waals surface area contributed by atoms with Gasteiger partial charge >= 0.3 is 0 Å². The van der Waals surface area contributed by atoms with Crippen LogP contribution in [-0.2, 0) is 14.8 Å². The topological polar surface area (TPSA) is 133 Å². The first kappa shape index (κ1) is 16.2. The van der Waals surface area contributed by atoms with Crippen molar-refractivity contribution in [1.82, 2.24) is 4.72 Å². The van der Waals surface area contributed by atoms with Gasteiger partial charge in [-0.05, 0) is 25.0 Å². The van der Waals surface area contributed by atoms with Gasteiger partial charge in [-0.3, -0.25) is 10.1 Å². The lowest BCUT2D eigenvalue weighted by molar-refractivity contribution is -0.384. The molecule has 22 heavy (non-hydrogen) atoms. The summed E-state index contributed by atoms with van der Waals surface area (Å²) in [5.41, 5.74) is 0.0413. The lowest BCUT2D eigenvalue weighted by Gasteiger charge is -2.18. The number of carboxylic acids is 1. The van der Waals surface area contributed by atoms with Gasteiger partial charge in [-0.25, -0.2) is 13.1 Å². The highest BCUT2D eigenvalue weighted by Crippen LogP contribution is 2.32. The van der Waals surface area contributed by atoms with Crippen LogP contribution in [0, 0.1) is 10.1 Å². The molecule has 0 aliphatic carbocycles. The zero-order valence-electron chi connectivity index (χ0n) is 11.5. The molecule has 120 valence electrons. The van der Waals surface area contributed by atoms with Gasteiger partial charge in [-0.2, -0.15) is 0 Å². The van der Waals surface area contributed by atoms with E-state index in [4.69, 9.17) is 0 Å². The molecule has 0 atom stereocenters. The number of nitro benzene ring substituents is 1. The van der Waals surface area contributed by atoms with Gasteiger partial charge in [0, 0.05) is 19.2 Å². The van der Waals surface area contributed by atoms with E-state index in [1.54, 1.807) is 4.72 Å². The van der Waals surface area contributed by atoms with E-state index in [0.717, 1.165) is 18.9 Å². The van der Waals surface area contributed by atoms with E-state index in [1.807, 2.05) is 4.90 Å². The Morgan fingerprint density at radius 2 is 1.95 bits per heavy atom. The highest BCUT2D eigenvalue weighted by atomic mass is 32.2. The van der Waals surface area contributed by atoms with Crippen LogP contribution in [0.4, 0.5) is 11.4 Å². The van der Waals surface area contributed by atoms with Crippen LogP contribution in [0.25, 0.3) is 0 Å². The first-order valence-electron chi connectivity index (χ1n) is 6.54. The average Bonchev–Trinajstić information content (AvgIpc) is 2.98. The van der Waals surface area contributed by atoms with Gasteiger partial charge in [0.15, 0.2) is 0 Å². The Kier molecular flexibility index (Phi) is 4.62. The molecule has 0 saturated carbocycles. The SMILES string of the molecule is O=C([O-])CNS(=O)(=O)c1ccc(N2CCCC2)c([N+](=O)[O-])c1. The highest BCUT2D eigenvalue weighted by Gasteiger charge is 2.25. The Labute approximate surface area is 126 Å². The van der Waals surface area contributed by atoms with E-state index < -0.39 is 27.5 Å². The van der Waals surface area contributed by atoms with Crippen molar-refractivity contribution in [1.29, 1.82) is 0 Å². The Balaban J connectivity index is 2.36. The van der Waals surface area contributed by atoms with Gasteiger partial charge in [-0.1, -0.05) is 0 Å². The number of rotatable bonds is 6. The largest absolute Gasteiger partial charge is 0.549 e. The van der Waals surface area contributed by atoms with Gasteiger partial charge in [0.2, 0.25) is 10.0 Å². The minimum Gasteiger partial charge on any atom is -0.549 e. The van der Waals surface area contributed by atoms with Crippen LogP contribution in [0.3, 0.4) is 0 Å². The van der Waals surface area contributed by atoms with Crippen LogP contribution in [0.15, 0.2) is 23.1 Å². The molecular weight excluding hydrogens is 314 g/mol. The Morgan fingerprint density at radius 1 is 1.32 bits per heavy atom. The molecule has 1 aliphatic rings. The fourth-order valence-corrected chi connectivity index (χ4v) is 3.27. The number of carbonyl (C=O) groups is 1. The average molecular weight is 328 g/mol. The minimum atomic E-state index is -4.15. The van der Waals surface area contributed by atoms with Crippen molar-refractivity contribution in [2.75, 3.05) is 24.5 Å². The van der Waals surface area contributed by atoms with Crippen LogP contribution >= 0.6 is 0 Å². The van der Waals surface area contributed by atoms with Crippen molar-refractivity contribution in [2.24, 2.45) is 0 Å². The molecule has 0 spiro atoms. The fraction of sp³-hybridized carbons (Fsp3) is 0.417. The molecule has 0 unspecified atom stereocenters. The number of nitrogens with zero attached hydrogens (tertiary/aromatic N) is 2. The minimum absolute atomic E-state index is 0.321. The molecule has 1 aromatic rings. The normalized spacial score (nSPS) is 15.0. The second-order valence-electron chi connectivity index (χ2n) is 4.80. The first-order chi connectivity index (χ1) is 10.3. The van der Waals surface area contributed by atoms with Crippen molar-refractivity contribution < 1.29 is 23.2 Å². The number of nitrogens with one attached hydrogen (secondary N) is 1. The van der Waals surface area contributed by atoms with Crippen molar-refractivity contribution in [3.63, 3.8) is 0 Å². The van der Waals surface area contributed by atoms with E-state index >= 15 is 0 Å². The molecule has 1 heterocycles. The number of hydrogen-bond donors (Lipinski definition) is 1. The van der Waals surface area contributed by atoms with Crippen LogP contribution < -0.4 is 14.7 Å². The quantitative estimate of drug-likeness (QED) is 0.535. The molecule has 9 nitrogen and oxygen atoms in total. The number of nitro groups is 1. The maximum atomic E-state index is 11.9. The second kappa shape index (κ2) is 6.28. The van der Waals surface area contributed by atoms with E-state index in [2.05, 4.69) is 0 Å². The maximum Gasteiger partial charge on any atom is 0.293 e. The molecule has 0 amide bonds. The van der Waals surface area contributed by atoms with Crippen LogP contribution in [-0.4, -0.2) is 38.9 Å². The lowest BCUT2D eigenvalue weighted by Crippen LogP contribution is -2.37. The zero-order chi connectivity index (χ0) is 16.3. The summed E-state index contributed by atoms with van der Waals surface area (Å²) in [5.74, 6) is -1.59. The predicted molar refractivity (Wildman–Crippen MR) is 74.7 cm³/mol. The third kappa shape index (κ3) is 3.52. The lowest BCUT2D eigenvalue weighted by atomic mass is 10.2. The summed E-state index contributed by atoms with van der Waals surface area (Å²) < 4.78 is 25.6. The maximum absolute atomic E-state index is 11.9. The van der Waals surface area contributed by atoms with Gasteiger partial charge < -0.3 is 14.8 Å². The molecule has 1 N–H and O–H groups in total. The predicted octanol–water partition coefficient (Wildman–Crippen LogP) is -0.777. The van der Waals surface area contributed by atoms with Crippen LogP contribution in [0.2, 0.25) is 0 Å². The van der Waals surface area contributed by atoms with Gasteiger partial charge in [0.25, 0.3) is 5.69 Å². The van der Waals surface area contributed by atoms with Gasteiger partial charge in [0.05, 0.1) is 22.3 Å². The Hall–Kier alpha value is -2.20. The standard InChI is InChI=1S/C12H15N3O6S/c16-12(17)8-13-22(20,21)9-3-4-10(11(7-9)15(18)19)14-5-1-2-6-14/h3-4,7,13H,1-2,5-6,8H2,(H,16,17)/p-1. The third-order valence-corrected chi connectivity index (χ3v) is 4.71. The summed E-state index contributed by atoms with van der Waals surface area (Å²) in [6.07, 6.45) is 1.84. The molecule has 1 fully saturated rings. The van der Waals surface area contributed by atoms with Crippen molar-refractivity contribution >= 4 is 27.4 Å². The second-order valence-corrected chi connectivity index (χ2v) is 6.57. The number of aliphatic carboxylic acids is 1. The molecule has 10 heteroatoms. The molecular formula is C12H14N3O6S-. The number of hydrogen-bond acceptors (Lipinski definition) is 7. The summed E-state index contributed by atoms with van der Waals surface area (Å²) in [6.45, 7) is 0.454. The first-order valence-corrected chi connectivity index (χ1v) is 8.02. The number of anilines is 1. The van der Waals surface area contributed by atoms with Gasteiger partial charge in [0.1, 0.15) is 5.69 Å². The Bertz CT molecular complexity index is 697. The highest BCUT2D eigenvalue weighted by molar-refractivity contribution is 7.89. The van der Waals surface area contributed by atoms with E-state index in [-0.39, 0.29) is 10.6 Å². The number of carbonyl (C=O) groups excluding carboxylic acids is 1. The van der Waals surface area contributed by atoms with Gasteiger partial charge in [-0.15, -0.1) is 0 Å². The molecule has 0 bridgehead atoms. The summed E-state index contributed by atoms with van der Waals surface area (Å²) in [6, 6.07) is 3.53. The monoisotopic (exact) mass is 328 g/mol.